The van der Waals surface area contributed by atoms with Crippen molar-refractivity contribution in [1.82, 2.24) is 19.5 Å². The number of morpholine rings is 1. The molecule has 1 aliphatic heterocycles. The molecular formula is C25H23F3N6O2. The molecule has 0 unspecified atom stereocenters. The average molecular weight is 496 g/mol. The fourth-order valence-electron chi connectivity index (χ4n) is 4.02. The third-order valence-electron chi connectivity index (χ3n) is 5.77. The van der Waals surface area contributed by atoms with Crippen molar-refractivity contribution in [3.8, 4) is 11.3 Å². The van der Waals surface area contributed by atoms with Crippen molar-refractivity contribution in [2.75, 3.05) is 43.5 Å². The Hall–Kier alpha value is -3.96. The van der Waals surface area contributed by atoms with E-state index >= 15 is 0 Å². The lowest BCUT2D eigenvalue weighted by atomic mass is 10.1. The molecule has 0 bridgehead atoms. The van der Waals surface area contributed by atoms with Gasteiger partial charge in [-0.25, -0.2) is 4.52 Å². The number of nitrogens with one attached hydrogen (secondary N) is 2. The Morgan fingerprint density at radius 2 is 1.72 bits per heavy atom. The van der Waals surface area contributed by atoms with Crippen molar-refractivity contribution >= 4 is 28.9 Å². The summed E-state index contributed by atoms with van der Waals surface area (Å²) in [6, 6.07) is 17.8. The quantitative estimate of drug-likeness (QED) is 0.411. The Morgan fingerprint density at radius 3 is 2.47 bits per heavy atom. The number of anilines is 3. The molecule has 1 saturated heterocycles. The van der Waals surface area contributed by atoms with Crippen LogP contribution in [0.25, 0.3) is 16.9 Å². The van der Waals surface area contributed by atoms with Gasteiger partial charge in [-0.3, -0.25) is 9.69 Å². The number of amides is 1. The van der Waals surface area contributed by atoms with Crippen LogP contribution < -0.4 is 10.6 Å². The molecule has 1 amide bonds. The molecule has 0 atom stereocenters. The Morgan fingerprint density at radius 1 is 0.972 bits per heavy atom. The van der Waals surface area contributed by atoms with Crippen LogP contribution >= 0.6 is 0 Å². The summed E-state index contributed by atoms with van der Waals surface area (Å²) in [6.07, 6.45) is -4.51. The van der Waals surface area contributed by atoms with E-state index in [4.69, 9.17) is 4.74 Å². The standard InChI is InChI=1S/C25H23F3N6O2/c26-25(27,28)19-4-1-2-5-20(19)30-24-31-22-7-3-6-21(34(22)32-24)17-8-10-18(11-9-17)29-23(35)16-33-12-14-36-15-13-33/h1-11H,12-16H2,(H,29,35)(H,30,32). The summed E-state index contributed by atoms with van der Waals surface area (Å²) in [5.74, 6) is -0.0518. The highest BCUT2D eigenvalue weighted by molar-refractivity contribution is 5.92. The molecule has 186 valence electrons. The van der Waals surface area contributed by atoms with Gasteiger partial charge in [-0.15, -0.1) is 5.10 Å². The fraction of sp³-hybridized carbons (Fsp3) is 0.240. The number of ether oxygens (including phenoxy) is 1. The number of alkyl halides is 3. The predicted octanol–water partition coefficient (Wildman–Crippen LogP) is 4.43. The lowest BCUT2D eigenvalue weighted by Gasteiger charge is -2.25. The van der Waals surface area contributed by atoms with Crippen LogP contribution in [0.1, 0.15) is 5.56 Å². The summed E-state index contributed by atoms with van der Waals surface area (Å²) in [4.78, 5) is 18.7. The number of nitrogens with zero attached hydrogens (tertiary/aromatic N) is 4. The summed E-state index contributed by atoms with van der Waals surface area (Å²) in [5, 5.41) is 9.97. The zero-order chi connectivity index (χ0) is 25.1. The monoisotopic (exact) mass is 496 g/mol. The van der Waals surface area contributed by atoms with E-state index in [-0.39, 0.29) is 17.5 Å². The van der Waals surface area contributed by atoms with Crippen molar-refractivity contribution in [2.45, 2.75) is 6.18 Å². The molecule has 4 aromatic rings. The van der Waals surface area contributed by atoms with Crippen LogP contribution in [-0.4, -0.2) is 58.3 Å². The van der Waals surface area contributed by atoms with E-state index in [2.05, 4.69) is 20.7 Å². The SMILES string of the molecule is O=C(CN1CCOCC1)Nc1ccc(-c2cccc3nc(Nc4ccccc4C(F)(F)F)nn23)cc1. The summed E-state index contributed by atoms with van der Waals surface area (Å²) in [6.45, 7) is 3.01. The molecule has 1 fully saturated rings. The third kappa shape index (κ3) is 5.31. The number of carbonyl (C=O) groups is 1. The van der Waals surface area contributed by atoms with Gasteiger partial charge in [-0.05, 0) is 36.4 Å². The summed E-state index contributed by atoms with van der Waals surface area (Å²) in [7, 11) is 0. The van der Waals surface area contributed by atoms with E-state index in [1.807, 2.05) is 23.1 Å². The number of rotatable bonds is 6. The van der Waals surface area contributed by atoms with Gasteiger partial charge >= 0.3 is 6.18 Å². The largest absolute Gasteiger partial charge is 0.418 e. The molecule has 2 aromatic carbocycles. The van der Waals surface area contributed by atoms with Gasteiger partial charge in [0, 0.05) is 24.3 Å². The first-order chi connectivity index (χ1) is 17.4. The minimum absolute atomic E-state index is 0.0474. The van der Waals surface area contributed by atoms with Crippen LogP contribution in [0, 0.1) is 0 Å². The first-order valence-corrected chi connectivity index (χ1v) is 11.4. The van der Waals surface area contributed by atoms with E-state index in [0.29, 0.717) is 36.8 Å². The van der Waals surface area contributed by atoms with Crippen LogP contribution in [-0.2, 0) is 15.7 Å². The molecule has 11 heteroatoms. The molecule has 1 aliphatic rings. The molecule has 8 nitrogen and oxygen atoms in total. The van der Waals surface area contributed by atoms with Crippen molar-refractivity contribution in [2.24, 2.45) is 0 Å². The number of halogens is 3. The Bertz CT molecular complexity index is 1360. The van der Waals surface area contributed by atoms with Crippen molar-refractivity contribution < 1.29 is 22.7 Å². The summed E-state index contributed by atoms with van der Waals surface area (Å²) in [5.41, 5.74) is 1.72. The van der Waals surface area contributed by atoms with Crippen molar-refractivity contribution in [3.05, 3.63) is 72.3 Å². The van der Waals surface area contributed by atoms with E-state index in [0.717, 1.165) is 24.7 Å². The van der Waals surface area contributed by atoms with Gasteiger partial charge in [0.05, 0.1) is 36.7 Å². The third-order valence-corrected chi connectivity index (χ3v) is 5.77. The number of fused-ring (bicyclic) bond motifs is 1. The van der Waals surface area contributed by atoms with E-state index in [1.54, 1.807) is 28.8 Å². The maximum atomic E-state index is 13.4. The number of hydrogen-bond acceptors (Lipinski definition) is 6. The average Bonchev–Trinajstić information content (AvgIpc) is 3.27. The highest BCUT2D eigenvalue weighted by Crippen LogP contribution is 2.35. The van der Waals surface area contributed by atoms with Gasteiger partial charge in [0.15, 0.2) is 5.65 Å². The number of pyridine rings is 1. The van der Waals surface area contributed by atoms with Crippen LogP contribution in [0.3, 0.4) is 0 Å². The summed E-state index contributed by atoms with van der Waals surface area (Å²) < 4.78 is 46.9. The van der Waals surface area contributed by atoms with Crippen LogP contribution in [0.5, 0.6) is 0 Å². The van der Waals surface area contributed by atoms with Gasteiger partial charge in [0.2, 0.25) is 11.9 Å². The highest BCUT2D eigenvalue weighted by Gasteiger charge is 2.33. The lowest BCUT2D eigenvalue weighted by molar-refractivity contribution is -0.137. The predicted molar refractivity (Wildman–Crippen MR) is 129 cm³/mol. The number of benzene rings is 2. The second kappa shape index (κ2) is 9.96. The zero-order valence-electron chi connectivity index (χ0n) is 19.1. The minimum atomic E-state index is -4.51. The minimum Gasteiger partial charge on any atom is -0.379 e. The second-order valence-electron chi connectivity index (χ2n) is 8.30. The van der Waals surface area contributed by atoms with Gasteiger partial charge in [-0.1, -0.05) is 30.3 Å². The molecule has 0 saturated carbocycles. The smallest absolute Gasteiger partial charge is 0.379 e. The van der Waals surface area contributed by atoms with Crippen LogP contribution in [0.15, 0.2) is 66.7 Å². The Balaban J connectivity index is 1.33. The van der Waals surface area contributed by atoms with E-state index in [9.17, 15) is 18.0 Å². The molecule has 2 N–H and O–H groups in total. The van der Waals surface area contributed by atoms with Crippen LogP contribution in [0.4, 0.5) is 30.5 Å². The maximum Gasteiger partial charge on any atom is 0.418 e. The lowest BCUT2D eigenvalue weighted by Crippen LogP contribution is -2.41. The van der Waals surface area contributed by atoms with Gasteiger partial charge in [0.25, 0.3) is 0 Å². The number of hydrogen-bond donors (Lipinski definition) is 2. The van der Waals surface area contributed by atoms with E-state index < -0.39 is 11.7 Å². The first-order valence-electron chi connectivity index (χ1n) is 11.4. The Labute approximate surface area is 204 Å². The van der Waals surface area contributed by atoms with E-state index in [1.165, 1.54) is 18.2 Å². The topological polar surface area (TPSA) is 83.8 Å². The second-order valence-corrected chi connectivity index (χ2v) is 8.30. The highest BCUT2D eigenvalue weighted by atomic mass is 19.4. The number of carbonyl (C=O) groups excluding carboxylic acids is 1. The zero-order valence-corrected chi connectivity index (χ0v) is 19.1. The van der Waals surface area contributed by atoms with Gasteiger partial charge < -0.3 is 15.4 Å². The molecule has 0 aliphatic carbocycles. The summed E-state index contributed by atoms with van der Waals surface area (Å²) >= 11 is 0. The van der Waals surface area contributed by atoms with Crippen molar-refractivity contribution in [1.29, 1.82) is 0 Å². The number of para-hydroxylation sites is 1. The normalized spacial score (nSPS) is 14.6. The fourth-order valence-corrected chi connectivity index (χ4v) is 4.02. The molecule has 5 rings (SSSR count). The van der Waals surface area contributed by atoms with Crippen molar-refractivity contribution in [3.63, 3.8) is 0 Å². The molecule has 0 spiro atoms. The molecule has 0 radical (unpaired) electrons. The molecule has 2 aromatic heterocycles. The van der Waals surface area contributed by atoms with Gasteiger partial charge in [0.1, 0.15) is 0 Å². The molecule has 36 heavy (non-hydrogen) atoms. The Kier molecular flexibility index (Phi) is 6.57. The first kappa shape index (κ1) is 23.8. The maximum absolute atomic E-state index is 13.4. The number of aromatic nitrogens is 3. The molecule has 3 heterocycles. The molecular weight excluding hydrogens is 473 g/mol. The van der Waals surface area contributed by atoms with Crippen LogP contribution in [0.2, 0.25) is 0 Å². The van der Waals surface area contributed by atoms with Gasteiger partial charge in [-0.2, -0.15) is 18.2 Å².